The predicted molar refractivity (Wildman–Crippen MR) is 128 cm³/mol. The van der Waals surface area contributed by atoms with Crippen LogP contribution < -0.4 is 10.6 Å². The van der Waals surface area contributed by atoms with Crippen molar-refractivity contribution < 1.29 is 0 Å². The minimum Gasteiger partial charge on any atom is -0.374 e. The normalized spacial score (nSPS) is 14.5. The highest BCUT2D eigenvalue weighted by atomic mass is 15.0. The van der Waals surface area contributed by atoms with Gasteiger partial charge in [-0.05, 0) is 68.5 Å². The van der Waals surface area contributed by atoms with Crippen LogP contribution in [0.2, 0.25) is 0 Å². The van der Waals surface area contributed by atoms with E-state index < -0.39 is 0 Å². The molecule has 2 aromatic carbocycles. The second-order valence-electron chi connectivity index (χ2n) is 8.40. The molecule has 1 aromatic heterocycles. The molecule has 1 fully saturated rings. The van der Waals surface area contributed by atoms with Crippen LogP contribution in [-0.2, 0) is 13.1 Å². The third-order valence-corrected chi connectivity index (χ3v) is 6.13. The topological polar surface area (TPSA) is 29.0 Å². The zero-order valence-corrected chi connectivity index (χ0v) is 18.3. The average molecular weight is 400 g/mol. The molecule has 4 rings (SSSR count). The first-order valence-corrected chi connectivity index (χ1v) is 11.4. The molecule has 2 N–H and O–H groups in total. The van der Waals surface area contributed by atoms with Crippen molar-refractivity contribution in [3.05, 3.63) is 65.4 Å². The first-order chi connectivity index (χ1) is 14.7. The van der Waals surface area contributed by atoms with E-state index in [4.69, 9.17) is 0 Å². The van der Waals surface area contributed by atoms with Crippen molar-refractivity contribution in [2.24, 2.45) is 0 Å². The Morgan fingerprint density at radius 1 is 1.00 bits per heavy atom. The number of rotatable bonds is 6. The van der Waals surface area contributed by atoms with Gasteiger partial charge in [-0.25, -0.2) is 0 Å². The monoisotopic (exact) mass is 399 g/mol. The number of aryl methyl sites for hydroxylation is 2. The Morgan fingerprint density at radius 2 is 1.80 bits per heavy atom. The Hall–Kier alpha value is -2.70. The van der Waals surface area contributed by atoms with Gasteiger partial charge in [-0.1, -0.05) is 48.9 Å². The van der Waals surface area contributed by atoms with Crippen molar-refractivity contribution in [1.29, 1.82) is 0 Å². The molecule has 30 heavy (non-hydrogen) atoms. The van der Waals surface area contributed by atoms with Crippen molar-refractivity contribution in [1.82, 2.24) is 9.88 Å². The summed E-state index contributed by atoms with van der Waals surface area (Å²) in [6.45, 7) is 6.82. The van der Waals surface area contributed by atoms with Gasteiger partial charge in [0.1, 0.15) is 0 Å². The van der Waals surface area contributed by atoms with E-state index in [0.717, 1.165) is 24.5 Å². The smallest absolute Gasteiger partial charge is 0.0931 e. The van der Waals surface area contributed by atoms with E-state index in [9.17, 15) is 0 Å². The Morgan fingerprint density at radius 3 is 2.57 bits per heavy atom. The fourth-order valence-electron chi connectivity index (χ4n) is 4.40. The molecule has 1 aliphatic carbocycles. The molecule has 0 spiro atoms. The van der Waals surface area contributed by atoms with Crippen LogP contribution in [0.4, 0.5) is 5.69 Å². The zero-order chi connectivity index (χ0) is 20.8. The summed E-state index contributed by atoms with van der Waals surface area (Å²) in [7, 11) is 0. The highest BCUT2D eigenvalue weighted by Crippen LogP contribution is 2.22. The lowest BCUT2D eigenvalue weighted by Gasteiger charge is -2.22. The van der Waals surface area contributed by atoms with Crippen LogP contribution >= 0.6 is 0 Å². The Balaban J connectivity index is 1.43. The summed E-state index contributed by atoms with van der Waals surface area (Å²) in [5.41, 5.74) is 6.11. The standard InChI is InChI=1S/C27H33N3/c1-3-30-26(10-7-17-28-25-14-11-21(2)12-15-25)19-23-18-22(13-16-27(23)30)20-29-24-8-5-4-6-9-24/h11-16,18-19,24,28-29H,3-6,8-9,17,20H2,1-2H3. The Labute approximate surface area is 180 Å². The number of anilines is 1. The van der Waals surface area contributed by atoms with Crippen LogP contribution in [0.5, 0.6) is 0 Å². The number of benzene rings is 2. The number of nitrogens with one attached hydrogen (secondary N) is 2. The van der Waals surface area contributed by atoms with Crippen LogP contribution in [-0.4, -0.2) is 17.2 Å². The molecule has 0 bridgehead atoms. The fraction of sp³-hybridized carbons (Fsp3) is 0.407. The van der Waals surface area contributed by atoms with Gasteiger partial charge in [0.25, 0.3) is 0 Å². The van der Waals surface area contributed by atoms with Crippen molar-refractivity contribution in [2.45, 2.75) is 65.1 Å². The number of hydrogen-bond donors (Lipinski definition) is 2. The van der Waals surface area contributed by atoms with Crippen LogP contribution in [0, 0.1) is 18.8 Å². The van der Waals surface area contributed by atoms with Crippen LogP contribution in [0.15, 0.2) is 48.5 Å². The van der Waals surface area contributed by atoms with Crippen LogP contribution in [0.25, 0.3) is 10.9 Å². The van der Waals surface area contributed by atoms with E-state index >= 15 is 0 Å². The molecular formula is C27H33N3. The van der Waals surface area contributed by atoms with Crippen molar-refractivity contribution in [3.8, 4) is 11.8 Å². The zero-order valence-electron chi connectivity index (χ0n) is 18.3. The number of nitrogens with zero attached hydrogens (tertiary/aromatic N) is 1. The van der Waals surface area contributed by atoms with E-state index in [-0.39, 0.29) is 0 Å². The van der Waals surface area contributed by atoms with E-state index in [1.165, 1.54) is 54.1 Å². The molecule has 0 saturated heterocycles. The van der Waals surface area contributed by atoms with E-state index in [1.54, 1.807) is 0 Å². The van der Waals surface area contributed by atoms with Gasteiger partial charge in [0, 0.05) is 35.7 Å². The van der Waals surface area contributed by atoms with Crippen molar-refractivity contribution in [3.63, 3.8) is 0 Å². The highest BCUT2D eigenvalue weighted by molar-refractivity contribution is 5.83. The molecule has 0 amide bonds. The second-order valence-corrected chi connectivity index (χ2v) is 8.40. The summed E-state index contributed by atoms with van der Waals surface area (Å²) in [6.07, 6.45) is 6.79. The summed E-state index contributed by atoms with van der Waals surface area (Å²) in [6, 6.07) is 18.2. The summed E-state index contributed by atoms with van der Waals surface area (Å²) in [5, 5.41) is 8.42. The Kier molecular flexibility index (Phi) is 6.77. The first kappa shape index (κ1) is 20.6. The number of fused-ring (bicyclic) bond motifs is 1. The minimum atomic E-state index is 0.644. The van der Waals surface area contributed by atoms with Gasteiger partial charge < -0.3 is 15.2 Å². The predicted octanol–water partition coefficient (Wildman–Crippen LogP) is 5.86. The molecule has 1 heterocycles. The van der Waals surface area contributed by atoms with Gasteiger partial charge >= 0.3 is 0 Å². The van der Waals surface area contributed by atoms with Crippen LogP contribution in [0.3, 0.4) is 0 Å². The highest BCUT2D eigenvalue weighted by Gasteiger charge is 2.13. The van der Waals surface area contributed by atoms with Gasteiger partial charge in [0.15, 0.2) is 0 Å². The quantitative estimate of drug-likeness (QED) is 0.509. The van der Waals surface area contributed by atoms with Gasteiger partial charge in [0.05, 0.1) is 12.2 Å². The van der Waals surface area contributed by atoms with Gasteiger partial charge in [-0.3, -0.25) is 0 Å². The minimum absolute atomic E-state index is 0.644. The number of hydrogen-bond acceptors (Lipinski definition) is 2. The third-order valence-electron chi connectivity index (χ3n) is 6.13. The SMILES string of the molecule is CCn1c(C#CCNc2ccc(C)cc2)cc2cc(CNC3CCCCC3)ccc21. The molecule has 3 nitrogen and oxygen atoms in total. The molecule has 3 heteroatoms. The number of aromatic nitrogens is 1. The molecule has 0 aliphatic heterocycles. The molecule has 0 radical (unpaired) electrons. The molecule has 3 aromatic rings. The molecule has 156 valence electrons. The molecule has 0 atom stereocenters. The van der Waals surface area contributed by atoms with Gasteiger partial charge in [-0.15, -0.1) is 0 Å². The largest absolute Gasteiger partial charge is 0.374 e. The lowest BCUT2D eigenvalue weighted by atomic mass is 9.95. The molecular weight excluding hydrogens is 366 g/mol. The maximum absolute atomic E-state index is 3.76. The van der Waals surface area contributed by atoms with E-state index in [1.807, 2.05) is 0 Å². The van der Waals surface area contributed by atoms with Gasteiger partial charge in [-0.2, -0.15) is 0 Å². The third kappa shape index (κ3) is 5.07. The second kappa shape index (κ2) is 9.87. The van der Waals surface area contributed by atoms with Crippen molar-refractivity contribution >= 4 is 16.6 Å². The lowest BCUT2D eigenvalue weighted by molar-refractivity contribution is 0.372. The summed E-state index contributed by atoms with van der Waals surface area (Å²) in [5.74, 6) is 6.66. The van der Waals surface area contributed by atoms with Crippen molar-refractivity contribution in [2.75, 3.05) is 11.9 Å². The lowest BCUT2D eigenvalue weighted by Crippen LogP contribution is -2.30. The Bertz CT molecular complexity index is 1030. The molecule has 0 unspecified atom stereocenters. The maximum atomic E-state index is 3.76. The summed E-state index contributed by atoms with van der Waals surface area (Å²) < 4.78 is 2.31. The van der Waals surface area contributed by atoms with Gasteiger partial charge in [0.2, 0.25) is 0 Å². The average Bonchev–Trinajstić information content (AvgIpc) is 3.13. The maximum Gasteiger partial charge on any atom is 0.0931 e. The van der Waals surface area contributed by atoms with E-state index in [0.29, 0.717) is 12.6 Å². The molecule has 1 aliphatic rings. The van der Waals surface area contributed by atoms with Crippen LogP contribution in [0.1, 0.15) is 55.8 Å². The van der Waals surface area contributed by atoms with E-state index in [2.05, 4.69) is 89.4 Å². The molecule has 1 saturated carbocycles. The summed E-state index contributed by atoms with van der Waals surface area (Å²) >= 11 is 0. The summed E-state index contributed by atoms with van der Waals surface area (Å²) in [4.78, 5) is 0. The first-order valence-electron chi connectivity index (χ1n) is 11.4. The fourth-order valence-corrected chi connectivity index (χ4v) is 4.40.